The average Bonchev–Trinajstić information content (AvgIpc) is 2.80. The SMILES string of the molecule is Cc1cc2cc(NC3=CC(=O)N(CCO)C3=O)ccc2n(C)c1=O. The number of aliphatic hydroxyl groups is 1. The van der Waals surface area contributed by atoms with Crippen LogP contribution in [0.15, 0.2) is 40.8 Å². The molecule has 0 bridgehead atoms. The van der Waals surface area contributed by atoms with Gasteiger partial charge in [-0.1, -0.05) is 0 Å². The average molecular weight is 327 g/mol. The minimum Gasteiger partial charge on any atom is -0.395 e. The lowest BCUT2D eigenvalue weighted by Crippen LogP contribution is -2.34. The number of nitrogens with zero attached hydrogens (tertiary/aromatic N) is 2. The fourth-order valence-electron chi connectivity index (χ4n) is 2.79. The number of carbonyl (C=O) groups is 2. The first-order valence-electron chi connectivity index (χ1n) is 7.48. The number of aryl methyl sites for hydroxylation is 2. The Bertz CT molecular complexity index is 943. The number of benzene rings is 1. The molecule has 7 nitrogen and oxygen atoms in total. The Hall–Kier alpha value is -2.93. The second-order valence-electron chi connectivity index (χ2n) is 5.67. The number of nitrogens with one attached hydrogen (secondary N) is 1. The third-order valence-corrected chi connectivity index (χ3v) is 4.01. The summed E-state index contributed by atoms with van der Waals surface area (Å²) in [5.74, 6) is -0.915. The summed E-state index contributed by atoms with van der Waals surface area (Å²) in [6.45, 7) is 1.44. The van der Waals surface area contributed by atoms with Gasteiger partial charge < -0.3 is 15.0 Å². The quantitative estimate of drug-likeness (QED) is 0.798. The van der Waals surface area contributed by atoms with Gasteiger partial charge in [0.2, 0.25) is 0 Å². The molecule has 7 heteroatoms. The minimum atomic E-state index is -0.467. The zero-order chi connectivity index (χ0) is 17.4. The van der Waals surface area contributed by atoms with Crippen LogP contribution in [0.2, 0.25) is 0 Å². The molecule has 1 aliphatic rings. The number of rotatable bonds is 4. The van der Waals surface area contributed by atoms with Crippen LogP contribution in [0.1, 0.15) is 5.56 Å². The molecule has 0 saturated heterocycles. The summed E-state index contributed by atoms with van der Waals surface area (Å²) in [5.41, 5.74) is 2.15. The van der Waals surface area contributed by atoms with Crippen LogP contribution >= 0.6 is 0 Å². The molecule has 124 valence electrons. The topological polar surface area (TPSA) is 91.6 Å². The van der Waals surface area contributed by atoms with Crippen molar-refractivity contribution in [1.29, 1.82) is 0 Å². The Morgan fingerprint density at radius 2 is 1.92 bits per heavy atom. The van der Waals surface area contributed by atoms with E-state index in [-0.39, 0.29) is 24.4 Å². The predicted molar refractivity (Wildman–Crippen MR) is 89.4 cm³/mol. The molecule has 0 radical (unpaired) electrons. The number of amides is 2. The van der Waals surface area contributed by atoms with Gasteiger partial charge >= 0.3 is 0 Å². The first kappa shape index (κ1) is 15.9. The highest BCUT2D eigenvalue weighted by Gasteiger charge is 2.30. The van der Waals surface area contributed by atoms with Crippen LogP contribution < -0.4 is 10.9 Å². The number of aliphatic hydroxyl groups excluding tert-OH is 1. The molecule has 0 aliphatic carbocycles. The Labute approximate surface area is 137 Å². The Morgan fingerprint density at radius 1 is 1.17 bits per heavy atom. The van der Waals surface area contributed by atoms with Gasteiger partial charge in [-0.15, -0.1) is 0 Å². The summed E-state index contributed by atoms with van der Waals surface area (Å²) in [5, 5.41) is 12.7. The van der Waals surface area contributed by atoms with E-state index in [1.165, 1.54) is 6.08 Å². The van der Waals surface area contributed by atoms with Crippen molar-refractivity contribution in [2.45, 2.75) is 6.92 Å². The number of hydrogen-bond donors (Lipinski definition) is 2. The van der Waals surface area contributed by atoms with Crippen molar-refractivity contribution in [1.82, 2.24) is 9.47 Å². The van der Waals surface area contributed by atoms with Gasteiger partial charge in [-0.25, -0.2) is 0 Å². The van der Waals surface area contributed by atoms with Gasteiger partial charge in [0, 0.05) is 29.8 Å². The van der Waals surface area contributed by atoms with Crippen LogP contribution in [0.5, 0.6) is 0 Å². The van der Waals surface area contributed by atoms with Crippen LogP contribution in [0.25, 0.3) is 10.9 Å². The zero-order valence-corrected chi connectivity index (χ0v) is 13.4. The summed E-state index contributed by atoms with van der Waals surface area (Å²) in [4.78, 5) is 36.8. The van der Waals surface area contributed by atoms with E-state index >= 15 is 0 Å². The molecule has 2 aromatic rings. The van der Waals surface area contributed by atoms with Gasteiger partial charge in [0.1, 0.15) is 5.70 Å². The fraction of sp³-hybridized carbons (Fsp3) is 0.235. The highest BCUT2D eigenvalue weighted by Crippen LogP contribution is 2.22. The molecule has 24 heavy (non-hydrogen) atoms. The maximum Gasteiger partial charge on any atom is 0.277 e. The summed E-state index contributed by atoms with van der Waals surface area (Å²) in [6, 6.07) is 7.13. The third-order valence-electron chi connectivity index (χ3n) is 4.01. The van der Waals surface area contributed by atoms with Crippen molar-refractivity contribution in [3.05, 3.63) is 52.0 Å². The molecule has 1 aromatic heterocycles. The Morgan fingerprint density at radius 3 is 2.62 bits per heavy atom. The number of aromatic nitrogens is 1. The van der Waals surface area contributed by atoms with E-state index in [9.17, 15) is 14.4 Å². The number of carbonyl (C=O) groups excluding carboxylic acids is 2. The van der Waals surface area contributed by atoms with Gasteiger partial charge in [0.05, 0.1) is 18.7 Å². The van der Waals surface area contributed by atoms with Crippen LogP contribution in [-0.2, 0) is 16.6 Å². The lowest BCUT2D eigenvalue weighted by Gasteiger charge is -2.14. The van der Waals surface area contributed by atoms with Crippen LogP contribution in [0, 0.1) is 6.92 Å². The summed E-state index contributed by atoms with van der Waals surface area (Å²) in [7, 11) is 1.71. The molecule has 3 rings (SSSR count). The molecule has 0 fully saturated rings. The maximum atomic E-state index is 12.1. The number of β-amino-alcohol motifs (C(OH)–C–C–N with tert-alkyl or cyclic N) is 1. The van der Waals surface area contributed by atoms with Crippen molar-refractivity contribution in [2.24, 2.45) is 7.05 Å². The van der Waals surface area contributed by atoms with Gasteiger partial charge in [0.15, 0.2) is 0 Å². The fourth-order valence-corrected chi connectivity index (χ4v) is 2.79. The van der Waals surface area contributed by atoms with E-state index in [1.807, 2.05) is 6.07 Å². The standard InChI is InChI=1S/C17H17N3O4/c1-10-7-11-8-12(3-4-14(11)19(2)16(10)23)18-13-9-15(22)20(5-6-21)17(13)24/h3-4,7-9,18,21H,5-6H2,1-2H3. The molecule has 0 unspecified atom stereocenters. The molecule has 2 N–H and O–H groups in total. The second-order valence-corrected chi connectivity index (χ2v) is 5.67. The van der Waals surface area contributed by atoms with E-state index in [4.69, 9.17) is 5.11 Å². The van der Waals surface area contributed by atoms with E-state index in [1.54, 1.807) is 36.7 Å². The molecule has 1 aromatic carbocycles. The number of pyridine rings is 1. The zero-order valence-electron chi connectivity index (χ0n) is 13.4. The van der Waals surface area contributed by atoms with Gasteiger partial charge in [-0.05, 0) is 31.2 Å². The van der Waals surface area contributed by atoms with E-state index < -0.39 is 11.8 Å². The van der Waals surface area contributed by atoms with Crippen LogP contribution in [0.4, 0.5) is 5.69 Å². The number of fused-ring (bicyclic) bond motifs is 1. The lowest BCUT2D eigenvalue weighted by molar-refractivity contribution is -0.137. The summed E-state index contributed by atoms with van der Waals surface area (Å²) >= 11 is 0. The molecular formula is C17H17N3O4. The van der Waals surface area contributed by atoms with E-state index in [2.05, 4.69) is 5.32 Å². The largest absolute Gasteiger partial charge is 0.395 e. The van der Waals surface area contributed by atoms with Crippen LogP contribution in [0.3, 0.4) is 0 Å². The highest BCUT2D eigenvalue weighted by molar-refractivity contribution is 6.17. The summed E-state index contributed by atoms with van der Waals surface area (Å²) < 4.78 is 1.57. The summed E-state index contributed by atoms with van der Waals surface area (Å²) in [6.07, 6.45) is 1.22. The molecule has 0 atom stereocenters. The van der Waals surface area contributed by atoms with Gasteiger partial charge in [-0.3, -0.25) is 19.3 Å². The Balaban J connectivity index is 1.93. The number of anilines is 1. The van der Waals surface area contributed by atoms with Crippen molar-refractivity contribution in [3.63, 3.8) is 0 Å². The lowest BCUT2D eigenvalue weighted by atomic mass is 10.1. The Kier molecular flexibility index (Phi) is 3.94. The molecular weight excluding hydrogens is 310 g/mol. The molecule has 1 aliphatic heterocycles. The van der Waals surface area contributed by atoms with Gasteiger partial charge in [0.25, 0.3) is 17.4 Å². The third kappa shape index (κ3) is 2.59. The first-order valence-corrected chi connectivity index (χ1v) is 7.48. The smallest absolute Gasteiger partial charge is 0.277 e. The van der Waals surface area contributed by atoms with Gasteiger partial charge in [-0.2, -0.15) is 0 Å². The minimum absolute atomic E-state index is 0.0294. The maximum absolute atomic E-state index is 12.1. The van der Waals surface area contributed by atoms with E-state index in [0.717, 1.165) is 15.8 Å². The first-order chi connectivity index (χ1) is 11.4. The molecule has 2 heterocycles. The van der Waals surface area contributed by atoms with E-state index in [0.29, 0.717) is 11.3 Å². The molecule has 0 saturated carbocycles. The predicted octanol–water partition coefficient (Wildman–Crippen LogP) is 0.504. The van der Waals surface area contributed by atoms with Crippen LogP contribution in [-0.4, -0.2) is 39.5 Å². The normalized spacial score (nSPS) is 14.5. The second kappa shape index (κ2) is 5.93. The molecule has 0 spiro atoms. The highest BCUT2D eigenvalue weighted by atomic mass is 16.3. The van der Waals surface area contributed by atoms with Crippen molar-refractivity contribution in [2.75, 3.05) is 18.5 Å². The molecule has 2 amide bonds. The number of hydrogen-bond acceptors (Lipinski definition) is 5. The van der Waals surface area contributed by atoms with Crippen molar-refractivity contribution in [3.8, 4) is 0 Å². The van der Waals surface area contributed by atoms with Crippen molar-refractivity contribution < 1.29 is 14.7 Å². The number of imide groups is 1. The monoisotopic (exact) mass is 327 g/mol. The van der Waals surface area contributed by atoms with Crippen molar-refractivity contribution >= 4 is 28.4 Å².